The van der Waals surface area contributed by atoms with Gasteiger partial charge in [-0.15, -0.1) is 0 Å². The van der Waals surface area contributed by atoms with E-state index in [2.05, 4.69) is 10.6 Å². The maximum absolute atomic E-state index is 12.9. The van der Waals surface area contributed by atoms with Crippen molar-refractivity contribution >= 4 is 29.3 Å². The van der Waals surface area contributed by atoms with Crippen molar-refractivity contribution < 1.29 is 23.9 Å². The zero-order valence-electron chi connectivity index (χ0n) is 18.6. The third-order valence-corrected chi connectivity index (χ3v) is 5.93. The number of hydrogen-bond donors (Lipinski definition) is 2. The molecule has 8 heteroatoms. The molecule has 1 fully saturated rings. The molecule has 2 N–H and O–H groups in total. The highest BCUT2D eigenvalue weighted by molar-refractivity contribution is 6.05. The quantitative estimate of drug-likeness (QED) is 0.476. The standard InChI is InChI=1S/C25H27N3O5/c1-16-8-10-17(11-9-16)26-22(29)7-2-3-14-33-21-6-4-5-18-19(21)15-28(25(18)32)20-12-13-23(30)27-24(20)31/h4-6,8-11,20H,2-3,7,12-15H2,1H3,(H,26,29)(H,27,30,31). The number of anilines is 1. The van der Waals surface area contributed by atoms with E-state index in [1.165, 1.54) is 4.90 Å². The molecule has 8 nitrogen and oxygen atoms in total. The lowest BCUT2D eigenvalue weighted by atomic mass is 10.0. The number of ether oxygens (including phenoxy) is 1. The van der Waals surface area contributed by atoms with Gasteiger partial charge in [-0.25, -0.2) is 0 Å². The number of imide groups is 1. The first-order valence-corrected chi connectivity index (χ1v) is 11.2. The number of hydrogen-bond acceptors (Lipinski definition) is 5. The van der Waals surface area contributed by atoms with Crippen LogP contribution in [-0.4, -0.2) is 41.2 Å². The largest absolute Gasteiger partial charge is 0.493 e. The Hall–Kier alpha value is -3.68. The van der Waals surface area contributed by atoms with Crippen LogP contribution in [0.4, 0.5) is 5.69 Å². The predicted octanol–water partition coefficient (Wildman–Crippen LogP) is 2.94. The van der Waals surface area contributed by atoms with Gasteiger partial charge in [0.25, 0.3) is 5.91 Å². The highest BCUT2D eigenvalue weighted by Crippen LogP contribution is 2.33. The molecule has 0 bridgehead atoms. The van der Waals surface area contributed by atoms with Crippen molar-refractivity contribution in [1.29, 1.82) is 0 Å². The molecule has 4 rings (SSSR count). The van der Waals surface area contributed by atoms with Gasteiger partial charge in [-0.2, -0.15) is 0 Å². The molecule has 33 heavy (non-hydrogen) atoms. The molecule has 0 aliphatic carbocycles. The monoisotopic (exact) mass is 449 g/mol. The van der Waals surface area contributed by atoms with Crippen molar-refractivity contribution in [2.45, 2.75) is 51.6 Å². The Balaban J connectivity index is 1.27. The van der Waals surface area contributed by atoms with Gasteiger partial charge >= 0.3 is 0 Å². The lowest BCUT2D eigenvalue weighted by Gasteiger charge is -2.29. The summed E-state index contributed by atoms with van der Waals surface area (Å²) in [5, 5.41) is 5.19. The summed E-state index contributed by atoms with van der Waals surface area (Å²) in [6.45, 7) is 2.69. The van der Waals surface area contributed by atoms with E-state index in [1.54, 1.807) is 12.1 Å². The number of unbranched alkanes of at least 4 members (excludes halogenated alkanes) is 1. The van der Waals surface area contributed by atoms with E-state index in [9.17, 15) is 19.2 Å². The average molecular weight is 450 g/mol. The SMILES string of the molecule is Cc1ccc(NC(=O)CCCCOc2cccc3c2CN(C2CCC(=O)NC2=O)C3=O)cc1. The summed E-state index contributed by atoms with van der Waals surface area (Å²) in [6, 6.07) is 12.3. The van der Waals surface area contributed by atoms with Gasteiger partial charge in [-0.1, -0.05) is 23.8 Å². The zero-order chi connectivity index (χ0) is 23.4. The highest BCUT2D eigenvalue weighted by Gasteiger charge is 2.40. The molecule has 0 saturated carbocycles. The Kier molecular flexibility index (Phi) is 6.72. The van der Waals surface area contributed by atoms with Crippen LogP contribution in [0.1, 0.15) is 53.6 Å². The maximum Gasteiger partial charge on any atom is 0.255 e. The van der Waals surface area contributed by atoms with E-state index in [0.29, 0.717) is 43.6 Å². The van der Waals surface area contributed by atoms with E-state index in [0.717, 1.165) is 16.8 Å². The predicted molar refractivity (Wildman–Crippen MR) is 122 cm³/mol. The van der Waals surface area contributed by atoms with Gasteiger partial charge in [0.15, 0.2) is 0 Å². The highest BCUT2D eigenvalue weighted by atomic mass is 16.5. The number of piperidine rings is 1. The van der Waals surface area contributed by atoms with Crippen LogP contribution in [0.2, 0.25) is 0 Å². The summed E-state index contributed by atoms with van der Waals surface area (Å²) >= 11 is 0. The summed E-state index contributed by atoms with van der Waals surface area (Å²) < 4.78 is 5.92. The normalized spacial score (nSPS) is 17.5. The Morgan fingerprint density at radius 1 is 1.12 bits per heavy atom. The van der Waals surface area contributed by atoms with E-state index in [-0.39, 0.29) is 30.7 Å². The second kappa shape index (κ2) is 9.85. The Bertz CT molecular complexity index is 1080. The molecule has 0 spiro atoms. The first-order valence-electron chi connectivity index (χ1n) is 11.2. The van der Waals surface area contributed by atoms with Crippen LogP contribution in [0.5, 0.6) is 5.75 Å². The third-order valence-electron chi connectivity index (χ3n) is 5.93. The number of carbonyl (C=O) groups is 4. The summed E-state index contributed by atoms with van der Waals surface area (Å²) in [6.07, 6.45) is 2.30. The number of amides is 4. The molecule has 2 aliphatic heterocycles. The van der Waals surface area contributed by atoms with Gasteiger partial charge in [-0.3, -0.25) is 24.5 Å². The minimum atomic E-state index is -0.650. The third kappa shape index (κ3) is 5.22. The fraction of sp³-hybridized carbons (Fsp3) is 0.360. The van der Waals surface area contributed by atoms with Gasteiger partial charge in [-0.05, 0) is 50.5 Å². The van der Waals surface area contributed by atoms with Crippen molar-refractivity contribution in [3.8, 4) is 5.75 Å². The number of carbonyl (C=O) groups excluding carboxylic acids is 4. The van der Waals surface area contributed by atoms with Crippen LogP contribution in [0.25, 0.3) is 0 Å². The summed E-state index contributed by atoms with van der Waals surface area (Å²) in [4.78, 5) is 50.1. The number of nitrogens with one attached hydrogen (secondary N) is 2. The fourth-order valence-corrected chi connectivity index (χ4v) is 4.12. The molecular formula is C25H27N3O5. The summed E-state index contributed by atoms with van der Waals surface area (Å²) in [7, 11) is 0. The average Bonchev–Trinajstić information content (AvgIpc) is 3.12. The van der Waals surface area contributed by atoms with E-state index in [4.69, 9.17) is 4.74 Å². The Morgan fingerprint density at radius 2 is 1.91 bits per heavy atom. The van der Waals surface area contributed by atoms with Crippen molar-refractivity contribution in [2.24, 2.45) is 0 Å². The van der Waals surface area contributed by atoms with E-state index < -0.39 is 11.9 Å². The van der Waals surface area contributed by atoms with Crippen LogP contribution < -0.4 is 15.4 Å². The maximum atomic E-state index is 12.9. The van der Waals surface area contributed by atoms with Gasteiger partial charge < -0.3 is 15.0 Å². The van der Waals surface area contributed by atoms with Crippen molar-refractivity contribution in [2.75, 3.05) is 11.9 Å². The van der Waals surface area contributed by atoms with Gasteiger partial charge in [0.2, 0.25) is 17.7 Å². The molecule has 2 aromatic rings. The minimum Gasteiger partial charge on any atom is -0.493 e. The minimum absolute atomic E-state index is 0.0371. The topological polar surface area (TPSA) is 105 Å². The molecule has 2 aromatic carbocycles. The smallest absolute Gasteiger partial charge is 0.255 e. The second-order valence-corrected chi connectivity index (χ2v) is 8.40. The van der Waals surface area contributed by atoms with Crippen molar-refractivity contribution in [3.05, 3.63) is 59.2 Å². The molecular weight excluding hydrogens is 422 g/mol. The molecule has 0 radical (unpaired) electrons. The fourth-order valence-electron chi connectivity index (χ4n) is 4.12. The first kappa shape index (κ1) is 22.5. The van der Waals surface area contributed by atoms with E-state index >= 15 is 0 Å². The van der Waals surface area contributed by atoms with Gasteiger partial charge in [0, 0.05) is 29.7 Å². The molecule has 0 aromatic heterocycles. The van der Waals surface area contributed by atoms with Crippen LogP contribution >= 0.6 is 0 Å². The molecule has 1 unspecified atom stereocenters. The first-order chi connectivity index (χ1) is 15.9. The van der Waals surface area contributed by atoms with Crippen LogP contribution in [-0.2, 0) is 20.9 Å². The molecule has 2 aliphatic rings. The molecule has 172 valence electrons. The number of fused-ring (bicyclic) bond motifs is 1. The van der Waals surface area contributed by atoms with Gasteiger partial charge in [0.05, 0.1) is 13.2 Å². The van der Waals surface area contributed by atoms with Gasteiger partial charge in [0.1, 0.15) is 11.8 Å². The number of benzene rings is 2. The Morgan fingerprint density at radius 3 is 2.67 bits per heavy atom. The molecule has 4 amide bonds. The lowest BCUT2D eigenvalue weighted by Crippen LogP contribution is -2.52. The number of aryl methyl sites for hydroxylation is 1. The van der Waals surface area contributed by atoms with Crippen molar-refractivity contribution in [3.63, 3.8) is 0 Å². The molecule has 2 heterocycles. The van der Waals surface area contributed by atoms with Crippen LogP contribution in [0.3, 0.4) is 0 Å². The lowest BCUT2D eigenvalue weighted by molar-refractivity contribution is -0.137. The van der Waals surface area contributed by atoms with Crippen LogP contribution in [0, 0.1) is 6.92 Å². The number of rotatable bonds is 8. The summed E-state index contributed by atoms with van der Waals surface area (Å²) in [5.41, 5.74) is 3.20. The molecule has 1 atom stereocenters. The van der Waals surface area contributed by atoms with E-state index in [1.807, 2.05) is 37.3 Å². The van der Waals surface area contributed by atoms with Crippen LogP contribution in [0.15, 0.2) is 42.5 Å². The Labute approximate surface area is 192 Å². The second-order valence-electron chi connectivity index (χ2n) is 8.40. The molecule has 1 saturated heterocycles. The number of nitrogens with zero attached hydrogens (tertiary/aromatic N) is 1. The summed E-state index contributed by atoms with van der Waals surface area (Å²) in [5.74, 6) is -0.391. The van der Waals surface area contributed by atoms with Crippen molar-refractivity contribution in [1.82, 2.24) is 10.2 Å². The zero-order valence-corrected chi connectivity index (χ0v) is 18.6.